The molecule has 1 amide bonds. The Kier molecular flexibility index (Phi) is 5.87. The highest BCUT2D eigenvalue weighted by Gasteiger charge is 2.20. The topological polar surface area (TPSA) is 79.3 Å². The van der Waals surface area contributed by atoms with Gasteiger partial charge in [-0.15, -0.1) is 17.9 Å². The van der Waals surface area contributed by atoms with Crippen LogP contribution in [-0.4, -0.2) is 22.0 Å². The van der Waals surface area contributed by atoms with E-state index in [1.807, 2.05) is 30.3 Å². The Hall–Kier alpha value is -2.47. The van der Waals surface area contributed by atoms with E-state index in [9.17, 15) is 9.59 Å². The number of amides is 1. The summed E-state index contributed by atoms with van der Waals surface area (Å²) in [6.45, 7) is 7.26. The highest BCUT2D eigenvalue weighted by atomic mass is 32.1. The van der Waals surface area contributed by atoms with Crippen molar-refractivity contribution in [3.63, 3.8) is 0 Å². The second-order valence-corrected chi connectivity index (χ2v) is 6.55. The van der Waals surface area contributed by atoms with Gasteiger partial charge in [0.1, 0.15) is 9.88 Å². The zero-order valence-corrected chi connectivity index (χ0v) is 14.5. The van der Waals surface area contributed by atoms with Crippen LogP contribution in [-0.2, 0) is 4.79 Å². The molecule has 1 aromatic heterocycles. The van der Waals surface area contributed by atoms with E-state index in [1.165, 1.54) is 0 Å². The van der Waals surface area contributed by atoms with Crippen LogP contribution in [0.15, 0.2) is 43.0 Å². The van der Waals surface area contributed by atoms with E-state index in [2.05, 4.69) is 16.9 Å². The van der Waals surface area contributed by atoms with Crippen LogP contribution in [0.2, 0.25) is 0 Å². The van der Waals surface area contributed by atoms with Gasteiger partial charge >= 0.3 is 5.97 Å². The van der Waals surface area contributed by atoms with Crippen molar-refractivity contribution < 1.29 is 14.7 Å². The highest BCUT2D eigenvalue weighted by molar-refractivity contribution is 7.13. The summed E-state index contributed by atoms with van der Waals surface area (Å²) in [5.41, 5.74) is 1.51. The Morgan fingerprint density at radius 2 is 2.04 bits per heavy atom. The number of aromatic carboxylic acids is 1. The Bertz CT molecular complexity index is 740. The molecule has 0 aliphatic carbocycles. The maximum Gasteiger partial charge on any atom is 0.347 e. The van der Waals surface area contributed by atoms with Gasteiger partial charge in [-0.05, 0) is 19.4 Å². The minimum Gasteiger partial charge on any atom is -0.477 e. The number of rotatable bonds is 7. The molecule has 2 N–H and O–H groups in total. The Morgan fingerprint density at radius 3 is 2.58 bits per heavy atom. The Balaban J connectivity index is 2.02. The number of carbonyl (C=O) groups is 2. The molecule has 0 saturated heterocycles. The first-order valence-electron chi connectivity index (χ1n) is 7.59. The molecule has 1 heterocycles. The number of aromatic nitrogens is 1. The van der Waals surface area contributed by atoms with E-state index >= 15 is 0 Å². The van der Waals surface area contributed by atoms with Gasteiger partial charge in [0.15, 0.2) is 0 Å². The molecule has 2 unspecified atom stereocenters. The van der Waals surface area contributed by atoms with E-state index in [-0.39, 0.29) is 29.2 Å². The molecule has 2 atom stereocenters. The van der Waals surface area contributed by atoms with Gasteiger partial charge in [-0.2, -0.15) is 0 Å². The maximum absolute atomic E-state index is 12.3. The van der Waals surface area contributed by atoms with Gasteiger partial charge in [-0.1, -0.05) is 36.4 Å². The second kappa shape index (κ2) is 7.88. The van der Waals surface area contributed by atoms with Crippen LogP contribution >= 0.6 is 11.3 Å². The summed E-state index contributed by atoms with van der Waals surface area (Å²) in [6, 6.07) is 9.38. The summed E-state index contributed by atoms with van der Waals surface area (Å²) in [5, 5.41) is 12.6. The Morgan fingerprint density at radius 1 is 1.38 bits per heavy atom. The number of carbonyl (C=O) groups excluding carboxylic acids is 1. The van der Waals surface area contributed by atoms with Gasteiger partial charge in [0, 0.05) is 12.3 Å². The van der Waals surface area contributed by atoms with Gasteiger partial charge in [0.25, 0.3) is 0 Å². The van der Waals surface area contributed by atoms with Gasteiger partial charge in [-0.3, -0.25) is 4.79 Å². The van der Waals surface area contributed by atoms with Crippen LogP contribution in [0.3, 0.4) is 0 Å². The molecule has 2 aromatic rings. The van der Waals surface area contributed by atoms with E-state index in [4.69, 9.17) is 5.11 Å². The molecular formula is C18H20N2O3S. The summed E-state index contributed by atoms with van der Waals surface area (Å²) in [4.78, 5) is 27.8. The number of carboxylic acids is 1. The van der Waals surface area contributed by atoms with Crippen LogP contribution in [0.5, 0.6) is 0 Å². The number of hydrogen-bond donors (Lipinski definition) is 2. The molecule has 2 rings (SSSR count). The average Bonchev–Trinajstić information content (AvgIpc) is 2.95. The van der Waals surface area contributed by atoms with Crippen molar-refractivity contribution in [2.45, 2.75) is 32.2 Å². The van der Waals surface area contributed by atoms with Crippen molar-refractivity contribution in [1.82, 2.24) is 10.3 Å². The van der Waals surface area contributed by atoms with Gasteiger partial charge in [0.2, 0.25) is 5.91 Å². The molecule has 0 spiro atoms. The molecule has 0 radical (unpaired) electrons. The number of thiazole rings is 1. The van der Waals surface area contributed by atoms with Gasteiger partial charge in [-0.25, -0.2) is 9.78 Å². The normalized spacial score (nSPS) is 13.1. The first-order valence-corrected chi connectivity index (χ1v) is 8.41. The van der Waals surface area contributed by atoms with Crippen molar-refractivity contribution in [2.75, 3.05) is 0 Å². The second-order valence-electron chi connectivity index (χ2n) is 5.52. The van der Waals surface area contributed by atoms with Crippen LogP contribution in [0, 0.1) is 6.92 Å². The van der Waals surface area contributed by atoms with Crippen LogP contribution < -0.4 is 5.32 Å². The average molecular weight is 344 g/mol. The number of benzene rings is 1. The number of aryl methyl sites for hydroxylation is 1. The lowest BCUT2D eigenvalue weighted by Crippen LogP contribution is -2.27. The number of carboxylic acid groups (broad SMARTS) is 1. The molecule has 0 saturated carbocycles. The number of nitrogens with zero attached hydrogens (tertiary/aromatic N) is 1. The Labute approximate surface area is 145 Å². The zero-order valence-electron chi connectivity index (χ0n) is 13.7. The van der Waals surface area contributed by atoms with E-state index < -0.39 is 5.97 Å². The van der Waals surface area contributed by atoms with Crippen LogP contribution in [0.4, 0.5) is 0 Å². The summed E-state index contributed by atoms with van der Waals surface area (Å²) in [6.07, 6.45) is 2.05. The molecule has 6 heteroatoms. The van der Waals surface area contributed by atoms with Crippen molar-refractivity contribution in [2.24, 2.45) is 0 Å². The van der Waals surface area contributed by atoms with E-state index in [0.717, 1.165) is 16.9 Å². The smallest absolute Gasteiger partial charge is 0.347 e. The minimum absolute atomic E-state index is 0.0639. The summed E-state index contributed by atoms with van der Waals surface area (Å²) in [5.74, 6) is -1.18. The van der Waals surface area contributed by atoms with E-state index in [1.54, 1.807) is 19.9 Å². The molecule has 126 valence electrons. The largest absolute Gasteiger partial charge is 0.477 e. The van der Waals surface area contributed by atoms with Gasteiger partial charge < -0.3 is 10.4 Å². The highest BCUT2D eigenvalue weighted by Crippen LogP contribution is 2.25. The lowest BCUT2D eigenvalue weighted by molar-refractivity contribution is -0.121. The SMILES string of the molecule is C=CC(CC(=O)NC(C)c1nc(C)c(C(=O)O)s1)c1ccccc1. The number of hydrogen-bond acceptors (Lipinski definition) is 4. The third kappa shape index (κ3) is 4.29. The summed E-state index contributed by atoms with van der Waals surface area (Å²) < 4.78 is 0. The lowest BCUT2D eigenvalue weighted by atomic mass is 9.95. The maximum atomic E-state index is 12.3. The summed E-state index contributed by atoms with van der Waals surface area (Å²) >= 11 is 1.09. The molecular weight excluding hydrogens is 324 g/mol. The molecule has 0 fully saturated rings. The third-order valence-corrected chi connectivity index (χ3v) is 5.00. The van der Waals surface area contributed by atoms with Crippen molar-refractivity contribution in [3.8, 4) is 0 Å². The molecule has 1 aromatic carbocycles. The molecule has 24 heavy (non-hydrogen) atoms. The number of nitrogens with one attached hydrogen (secondary N) is 1. The molecule has 5 nitrogen and oxygen atoms in total. The molecule has 0 aliphatic heterocycles. The quantitative estimate of drug-likeness (QED) is 0.751. The third-order valence-electron chi connectivity index (χ3n) is 3.67. The van der Waals surface area contributed by atoms with E-state index in [0.29, 0.717) is 10.7 Å². The van der Waals surface area contributed by atoms with Gasteiger partial charge in [0.05, 0.1) is 11.7 Å². The monoisotopic (exact) mass is 344 g/mol. The standard InChI is InChI=1S/C18H20N2O3S/c1-4-13(14-8-6-5-7-9-14)10-15(21)19-12(3)17-20-11(2)16(24-17)18(22)23/h4-9,12-13H,1,10H2,2-3H3,(H,19,21)(H,22,23). The number of allylic oxidation sites excluding steroid dienone is 1. The first-order chi connectivity index (χ1) is 11.4. The fourth-order valence-corrected chi connectivity index (χ4v) is 3.31. The predicted molar refractivity (Wildman–Crippen MR) is 94.4 cm³/mol. The fourth-order valence-electron chi connectivity index (χ4n) is 2.40. The summed E-state index contributed by atoms with van der Waals surface area (Å²) in [7, 11) is 0. The minimum atomic E-state index is -0.995. The molecule has 0 bridgehead atoms. The van der Waals surface area contributed by atoms with Crippen molar-refractivity contribution in [1.29, 1.82) is 0 Å². The predicted octanol–water partition coefficient (Wildman–Crippen LogP) is 3.69. The molecule has 0 aliphatic rings. The van der Waals surface area contributed by atoms with Crippen LogP contribution in [0.25, 0.3) is 0 Å². The lowest BCUT2D eigenvalue weighted by Gasteiger charge is -2.15. The first kappa shape index (κ1) is 17.9. The zero-order chi connectivity index (χ0) is 17.7. The fraction of sp³-hybridized carbons (Fsp3) is 0.278. The van der Waals surface area contributed by atoms with Crippen molar-refractivity contribution >= 4 is 23.2 Å². The van der Waals surface area contributed by atoms with Crippen molar-refractivity contribution in [3.05, 3.63) is 64.1 Å². The van der Waals surface area contributed by atoms with Crippen LogP contribution in [0.1, 0.15) is 51.2 Å².